The first-order chi connectivity index (χ1) is 16.7. The van der Waals surface area contributed by atoms with Crippen molar-refractivity contribution in [1.29, 1.82) is 0 Å². The van der Waals surface area contributed by atoms with Crippen molar-refractivity contribution in [1.82, 2.24) is 4.98 Å². The van der Waals surface area contributed by atoms with Gasteiger partial charge in [0.25, 0.3) is 0 Å². The maximum absolute atomic E-state index is 3.77. The summed E-state index contributed by atoms with van der Waals surface area (Å²) in [5.41, 5.74) is 4.04. The van der Waals surface area contributed by atoms with Gasteiger partial charge in [0, 0.05) is 31.5 Å². The number of rotatable bonds is 7. The topological polar surface area (TPSA) is 15.8 Å². The molecule has 0 fully saturated rings. The Morgan fingerprint density at radius 2 is 1.21 bits per heavy atom. The van der Waals surface area contributed by atoms with E-state index in [9.17, 15) is 0 Å². The van der Waals surface area contributed by atoms with Gasteiger partial charge < -0.3 is 4.98 Å². The molecule has 34 heavy (non-hydrogen) atoms. The fraction of sp³-hybridized carbons (Fsp3) is 0.241. The normalized spacial score (nSPS) is 17.4. The molecule has 2 aliphatic heterocycles. The van der Waals surface area contributed by atoms with Crippen LogP contribution in [0.4, 0.5) is 0 Å². The van der Waals surface area contributed by atoms with Crippen LogP contribution in [0.15, 0.2) is 111 Å². The maximum atomic E-state index is 3.77. The minimum Gasteiger partial charge on any atom is -0.362 e. The number of H-pyrrole nitrogens is 1. The maximum Gasteiger partial charge on any atom is 0.135 e. The average Bonchev–Trinajstić information content (AvgIpc) is 3.60. The lowest BCUT2D eigenvalue weighted by atomic mass is 10.1. The summed E-state index contributed by atoms with van der Waals surface area (Å²) in [5.74, 6) is 0. The summed E-state index contributed by atoms with van der Waals surface area (Å²) < 4.78 is -0.166. The monoisotopic (exact) mass is 517 g/mol. The van der Waals surface area contributed by atoms with Gasteiger partial charge in [0.15, 0.2) is 0 Å². The fourth-order valence-electron chi connectivity index (χ4n) is 4.76. The van der Waals surface area contributed by atoms with Gasteiger partial charge in [0.05, 0.1) is 4.08 Å². The lowest BCUT2D eigenvalue weighted by molar-refractivity contribution is 0.639. The molecule has 5 heteroatoms. The zero-order valence-corrected chi connectivity index (χ0v) is 22.4. The Morgan fingerprint density at radius 1 is 0.647 bits per heavy atom. The van der Waals surface area contributed by atoms with Crippen LogP contribution in [-0.2, 0) is 8.16 Å². The molecule has 1 N–H and O–H groups in total. The Hall–Kier alpha value is -1.66. The quantitative estimate of drug-likeness (QED) is 0.245. The molecule has 3 heterocycles. The third kappa shape index (κ3) is 3.95. The Balaban J connectivity index is 1.41. The van der Waals surface area contributed by atoms with Crippen molar-refractivity contribution >= 4 is 47.0 Å². The predicted molar refractivity (Wildman–Crippen MR) is 150 cm³/mol. The van der Waals surface area contributed by atoms with Gasteiger partial charge >= 0.3 is 0 Å². The first-order valence-electron chi connectivity index (χ1n) is 11.9. The van der Waals surface area contributed by atoms with Crippen molar-refractivity contribution in [2.45, 2.75) is 60.3 Å². The van der Waals surface area contributed by atoms with Gasteiger partial charge in [-0.1, -0.05) is 104 Å². The van der Waals surface area contributed by atoms with Crippen LogP contribution in [0.25, 0.3) is 0 Å². The van der Waals surface area contributed by atoms with E-state index in [2.05, 4.69) is 127 Å². The molecule has 0 bridgehead atoms. The van der Waals surface area contributed by atoms with Crippen LogP contribution in [0.3, 0.4) is 0 Å². The number of thioether (sulfide) groups is 4. The summed E-state index contributed by atoms with van der Waals surface area (Å²) in [6.45, 7) is 2.29. The predicted octanol–water partition coefficient (Wildman–Crippen LogP) is 9.74. The highest BCUT2D eigenvalue weighted by Gasteiger charge is 2.46. The number of aromatic nitrogens is 1. The van der Waals surface area contributed by atoms with Crippen molar-refractivity contribution in [2.75, 3.05) is 0 Å². The summed E-state index contributed by atoms with van der Waals surface area (Å²) in [7, 11) is 0. The molecular formula is C29H27NS4. The first-order valence-corrected chi connectivity index (χ1v) is 15.2. The summed E-state index contributed by atoms with van der Waals surface area (Å²) in [6, 6.07) is 31.2. The van der Waals surface area contributed by atoms with Gasteiger partial charge in [-0.05, 0) is 47.9 Å². The number of unbranched alkanes of at least 4 members (excludes halogenated alkanes) is 2. The van der Waals surface area contributed by atoms with E-state index in [4.69, 9.17) is 0 Å². The van der Waals surface area contributed by atoms with E-state index in [1.165, 1.54) is 62.1 Å². The third-order valence-electron chi connectivity index (χ3n) is 6.50. The van der Waals surface area contributed by atoms with E-state index >= 15 is 0 Å². The number of nitrogens with one attached hydrogen (secondary N) is 1. The van der Waals surface area contributed by atoms with E-state index in [1.807, 2.05) is 23.5 Å². The molecule has 0 radical (unpaired) electrons. The van der Waals surface area contributed by atoms with Gasteiger partial charge in [0.1, 0.15) is 4.08 Å². The molecule has 3 aromatic carbocycles. The van der Waals surface area contributed by atoms with Crippen LogP contribution in [0.1, 0.15) is 49.4 Å². The van der Waals surface area contributed by atoms with Crippen molar-refractivity contribution in [3.05, 3.63) is 108 Å². The van der Waals surface area contributed by atoms with E-state index in [0.29, 0.717) is 0 Å². The molecule has 0 unspecified atom stereocenters. The molecule has 0 saturated heterocycles. The van der Waals surface area contributed by atoms with Crippen LogP contribution in [0.2, 0.25) is 0 Å². The average molecular weight is 518 g/mol. The van der Waals surface area contributed by atoms with Crippen molar-refractivity contribution in [3.63, 3.8) is 0 Å². The Kier molecular flexibility index (Phi) is 6.31. The molecule has 0 aliphatic carbocycles. The lowest BCUT2D eigenvalue weighted by Crippen LogP contribution is -2.17. The summed E-state index contributed by atoms with van der Waals surface area (Å²) in [6.07, 6.45) is 7.26. The summed E-state index contributed by atoms with van der Waals surface area (Å²) in [5, 5.41) is 0. The van der Waals surface area contributed by atoms with E-state index < -0.39 is 0 Å². The highest BCUT2D eigenvalue weighted by Crippen LogP contribution is 2.66. The zero-order valence-electron chi connectivity index (χ0n) is 19.1. The molecule has 2 aliphatic rings. The molecule has 0 atom stereocenters. The van der Waals surface area contributed by atoms with E-state index in [1.54, 1.807) is 0 Å². The Labute approximate surface area is 219 Å². The van der Waals surface area contributed by atoms with Gasteiger partial charge in [0.2, 0.25) is 0 Å². The van der Waals surface area contributed by atoms with Gasteiger partial charge in [-0.25, -0.2) is 0 Å². The largest absolute Gasteiger partial charge is 0.362 e. The molecule has 0 amide bonds. The van der Waals surface area contributed by atoms with Crippen LogP contribution in [0, 0.1) is 0 Å². The second kappa shape index (κ2) is 9.42. The lowest BCUT2D eigenvalue weighted by Gasteiger charge is -2.28. The van der Waals surface area contributed by atoms with Crippen molar-refractivity contribution < 1.29 is 0 Å². The molecule has 6 rings (SSSR count). The van der Waals surface area contributed by atoms with Crippen LogP contribution in [-0.4, -0.2) is 4.98 Å². The van der Waals surface area contributed by atoms with Crippen LogP contribution >= 0.6 is 47.0 Å². The fourth-order valence-corrected chi connectivity index (χ4v) is 11.2. The molecular weight excluding hydrogens is 491 g/mol. The summed E-state index contributed by atoms with van der Waals surface area (Å²) in [4.78, 5) is 9.33. The van der Waals surface area contributed by atoms with Crippen molar-refractivity contribution in [3.8, 4) is 0 Å². The van der Waals surface area contributed by atoms with E-state index in [-0.39, 0.29) is 8.16 Å². The number of fused-ring (bicyclic) bond motifs is 2. The van der Waals surface area contributed by atoms with E-state index in [0.717, 1.165) is 0 Å². The van der Waals surface area contributed by atoms with Gasteiger partial charge in [-0.3, -0.25) is 0 Å². The number of hydrogen-bond donors (Lipinski definition) is 1. The second-order valence-electron chi connectivity index (χ2n) is 8.80. The standard InChI is InChI=1S/C29H27NS4/c1-2-3-11-18-28(31-23-14-7-8-15-24(23)32-28)22-19-27(30-20-22)29(21-12-5-4-6-13-21)33-25-16-9-10-17-26(25)34-29/h4-10,12-17,19-20,30H,2-3,11,18H2,1H3. The Morgan fingerprint density at radius 3 is 1.79 bits per heavy atom. The number of hydrogen-bond acceptors (Lipinski definition) is 4. The number of benzene rings is 3. The second-order valence-corrected chi connectivity index (χ2v) is 14.5. The first kappa shape index (κ1) is 22.8. The Bertz CT molecular complexity index is 1250. The summed E-state index contributed by atoms with van der Waals surface area (Å²) >= 11 is 8.05. The highest BCUT2D eigenvalue weighted by molar-refractivity contribution is 8.20. The molecule has 0 spiro atoms. The zero-order chi connectivity index (χ0) is 23.0. The van der Waals surface area contributed by atoms with Gasteiger partial charge in [-0.15, -0.1) is 23.5 Å². The molecule has 1 aromatic heterocycles. The minimum atomic E-state index is -0.200. The number of aromatic amines is 1. The van der Waals surface area contributed by atoms with Gasteiger partial charge in [-0.2, -0.15) is 0 Å². The molecule has 1 nitrogen and oxygen atoms in total. The van der Waals surface area contributed by atoms with Crippen LogP contribution in [0.5, 0.6) is 0 Å². The SMILES string of the molecule is CCCCCC1(c2c[nH]c(C3(c4ccccc4)Sc4ccccc4S3)c2)Sc2ccccc2S1. The smallest absolute Gasteiger partial charge is 0.135 e. The minimum absolute atomic E-state index is 0.0340. The molecule has 172 valence electrons. The van der Waals surface area contributed by atoms with Crippen molar-refractivity contribution in [2.24, 2.45) is 0 Å². The third-order valence-corrected chi connectivity index (χ3v) is 13.1. The van der Waals surface area contributed by atoms with Crippen LogP contribution < -0.4 is 0 Å². The highest BCUT2D eigenvalue weighted by atomic mass is 32.2. The molecule has 4 aromatic rings. The molecule has 0 saturated carbocycles.